The lowest BCUT2D eigenvalue weighted by atomic mass is 9.80. The van der Waals surface area contributed by atoms with Gasteiger partial charge in [0, 0.05) is 21.3 Å². The monoisotopic (exact) mass is 268 g/mol. The average Bonchev–Trinajstić information content (AvgIpc) is 2.18. The summed E-state index contributed by atoms with van der Waals surface area (Å²) >= 11 is 0. The topological polar surface area (TPSA) is 37.3 Å². The summed E-state index contributed by atoms with van der Waals surface area (Å²) in [5, 5.41) is 9.52. The molecule has 2 aliphatic heterocycles. The van der Waals surface area contributed by atoms with Crippen LogP contribution in [-0.2, 0) is 10.8 Å². The first-order valence-corrected chi connectivity index (χ1v) is 6.90. The van der Waals surface area contributed by atoms with Crippen molar-refractivity contribution in [3.63, 3.8) is 0 Å². The molecule has 98 valence electrons. The fraction of sp³-hybridized carbons (Fsp3) is 0.818. The lowest BCUT2D eigenvalue weighted by molar-refractivity contribution is -0.124. The van der Waals surface area contributed by atoms with E-state index >= 15 is 0 Å². The maximum Gasteiger partial charge on any atom is 0.414 e. The average molecular weight is 268 g/mol. The van der Waals surface area contributed by atoms with Crippen molar-refractivity contribution in [2.45, 2.75) is 54.4 Å². The zero-order valence-electron chi connectivity index (χ0n) is 9.29. The Morgan fingerprint density at radius 2 is 1.76 bits per heavy atom. The second-order valence-corrected chi connectivity index (χ2v) is 6.91. The molecule has 1 N–H and O–H groups in total. The van der Waals surface area contributed by atoms with Gasteiger partial charge in [0.1, 0.15) is 0 Å². The zero-order chi connectivity index (χ0) is 12.8. The van der Waals surface area contributed by atoms with Gasteiger partial charge in [-0.2, -0.15) is 13.2 Å². The van der Waals surface area contributed by atoms with Gasteiger partial charge in [0.25, 0.3) is 0 Å². The molecular formula is C11H15F3O2S. The Bertz CT molecular complexity index is 348. The second-order valence-electron chi connectivity index (χ2n) is 4.92. The van der Waals surface area contributed by atoms with Gasteiger partial charge >= 0.3 is 6.18 Å². The molecule has 2 heterocycles. The van der Waals surface area contributed by atoms with Gasteiger partial charge in [-0.3, -0.25) is 4.21 Å². The first-order chi connectivity index (χ1) is 7.74. The minimum absolute atomic E-state index is 0.0749. The molecule has 2 atom stereocenters. The van der Waals surface area contributed by atoms with Crippen molar-refractivity contribution in [3.05, 3.63) is 12.2 Å². The van der Waals surface area contributed by atoms with Gasteiger partial charge in [0.2, 0.25) is 0 Å². The molecule has 17 heavy (non-hydrogen) atoms. The summed E-state index contributed by atoms with van der Waals surface area (Å²) < 4.78 is 49.7. The van der Waals surface area contributed by atoms with Crippen LogP contribution < -0.4 is 0 Å². The quantitative estimate of drug-likeness (QED) is 0.741. The summed E-state index contributed by atoms with van der Waals surface area (Å²) in [6.07, 6.45) is -2.58. The molecule has 0 aromatic heterocycles. The van der Waals surface area contributed by atoms with E-state index in [-0.39, 0.29) is 23.3 Å². The fourth-order valence-electron chi connectivity index (χ4n) is 2.79. The molecule has 2 saturated heterocycles. The van der Waals surface area contributed by atoms with E-state index in [0.717, 1.165) is 6.42 Å². The number of hydrogen-bond acceptors (Lipinski definition) is 2. The highest BCUT2D eigenvalue weighted by molar-refractivity contribution is 7.86. The molecule has 0 radical (unpaired) electrons. The molecule has 2 aliphatic rings. The van der Waals surface area contributed by atoms with Crippen LogP contribution in [0.2, 0.25) is 0 Å². The minimum Gasteiger partial charge on any atom is -0.385 e. The summed E-state index contributed by atoms with van der Waals surface area (Å²) in [4.78, 5) is 0. The molecule has 2 bridgehead atoms. The Kier molecular flexibility index (Phi) is 3.14. The van der Waals surface area contributed by atoms with Crippen LogP contribution in [0.15, 0.2) is 12.2 Å². The Hall–Kier alpha value is -0.360. The van der Waals surface area contributed by atoms with Crippen molar-refractivity contribution in [2.75, 3.05) is 0 Å². The van der Waals surface area contributed by atoms with Gasteiger partial charge in [-0.1, -0.05) is 13.0 Å². The van der Waals surface area contributed by atoms with Crippen molar-refractivity contribution in [2.24, 2.45) is 0 Å². The summed E-state index contributed by atoms with van der Waals surface area (Å²) in [7, 11) is -1.09. The summed E-state index contributed by atoms with van der Waals surface area (Å²) in [6, 6.07) is 0. The number of aliphatic hydroxyl groups is 1. The molecule has 0 spiro atoms. The number of alkyl halides is 3. The SMILES string of the molecule is C=C(C(F)(F)F)C1(O)CC2CCCC(C1)S2=O. The highest BCUT2D eigenvalue weighted by atomic mass is 32.2. The molecular weight excluding hydrogens is 253 g/mol. The van der Waals surface area contributed by atoms with Crippen molar-refractivity contribution < 1.29 is 22.5 Å². The van der Waals surface area contributed by atoms with E-state index in [1.54, 1.807) is 0 Å². The lowest BCUT2D eigenvalue weighted by Crippen LogP contribution is -2.52. The van der Waals surface area contributed by atoms with E-state index in [0.29, 0.717) is 12.8 Å². The van der Waals surface area contributed by atoms with Crippen molar-refractivity contribution >= 4 is 10.8 Å². The molecule has 6 heteroatoms. The third-order valence-corrected chi connectivity index (χ3v) is 5.86. The zero-order valence-corrected chi connectivity index (χ0v) is 10.1. The van der Waals surface area contributed by atoms with Crippen LogP contribution in [-0.4, -0.2) is 31.6 Å². The van der Waals surface area contributed by atoms with Gasteiger partial charge in [-0.25, -0.2) is 0 Å². The van der Waals surface area contributed by atoms with E-state index < -0.39 is 28.2 Å². The smallest absolute Gasteiger partial charge is 0.385 e. The van der Waals surface area contributed by atoms with Crippen LogP contribution in [0.3, 0.4) is 0 Å². The van der Waals surface area contributed by atoms with Crippen molar-refractivity contribution in [3.8, 4) is 0 Å². The van der Waals surface area contributed by atoms with Crippen molar-refractivity contribution in [1.29, 1.82) is 0 Å². The molecule has 2 unspecified atom stereocenters. The van der Waals surface area contributed by atoms with E-state index in [1.165, 1.54) is 0 Å². The van der Waals surface area contributed by atoms with Crippen LogP contribution >= 0.6 is 0 Å². The first-order valence-electron chi connectivity index (χ1n) is 5.62. The van der Waals surface area contributed by atoms with Gasteiger partial charge in [-0.15, -0.1) is 0 Å². The van der Waals surface area contributed by atoms with Gasteiger partial charge < -0.3 is 5.11 Å². The predicted molar refractivity (Wildman–Crippen MR) is 58.9 cm³/mol. The van der Waals surface area contributed by atoms with E-state index in [1.807, 2.05) is 0 Å². The Morgan fingerprint density at radius 1 is 1.29 bits per heavy atom. The number of halogens is 3. The van der Waals surface area contributed by atoms with E-state index in [4.69, 9.17) is 0 Å². The van der Waals surface area contributed by atoms with Gasteiger partial charge in [0.15, 0.2) is 0 Å². The van der Waals surface area contributed by atoms with Crippen molar-refractivity contribution in [1.82, 2.24) is 0 Å². The molecule has 0 aromatic carbocycles. The maximum atomic E-state index is 12.6. The third-order valence-electron chi connectivity index (χ3n) is 3.74. The largest absolute Gasteiger partial charge is 0.414 e. The standard InChI is InChI=1S/C11H15F3O2S/c1-7(11(12,13)14)10(15)5-8-3-2-4-9(6-10)17(8)16/h8-9,15H,1-6H2. The highest BCUT2D eigenvalue weighted by Gasteiger charge is 2.53. The van der Waals surface area contributed by atoms with Gasteiger partial charge in [-0.05, 0) is 25.7 Å². The Morgan fingerprint density at radius 3 is 2.18 bits per heavy atom. The summed E-state index contributed by atoms with van der Waals surface area (Å²) in [5.41, 5.74) is -3.00. The molecule has 2 fully saturated rings. The summed E-state index contributed by atoms with van der Waals surface area (Å²) in [5.74, 6) is 0. The van der Waals surface area contributed by atoms with E-state index in [2.05, 4.69) is 6.58 Å². The molecule has 0 amide bonds. The lowest BCUT2D eigenvalue weighted by Gasteiger charge is -2.44. The molecule has 0 aliphatic carbocycles. The van der Waals surface area contributed by atoms with Crippen LogP contribution in [0, 0.1) is 0 Å². The molecule has 0 aromatic rings. The van der Waals surface area contributed by atoms with Gasteiger partial charge in [0.05, 0.1) is 11.2 Å². The number of fused-ring (bicyclic) bond motifs is 2. The highest BCUT2D eigenvalue weighted by Crippen LogP contribution is 2.46. The second kappa shape index (κ2) is 4.09. The normalized spacial score (nSPS) is 42.2. The van der Waals surface area contributed by atoms with Crippen LogP contribution in [0.25, 0.3) is 0 Å². The number of rotatable bonds is 1. The Balaban J connectivity index is 2.23. The van der Waals surface area contributed by atoms with Crippen LogP contribution in [0.1, 0.15) is 32.1 Å². The molecule has 2 nitrogen and oxygen atoms in total. The Labute approximate surface area is 100 Å². The molecule has 0 saturated carbocycles. The maximum absolute atomic E-state index is 12.6. The minimum atomic E-state index is -4.58. The fourth-order valence-corrected chi connectivity index (χ4v) is 5.02. The van der Waals surface area contributed by atoms with Crippen LogP contribution in [0.5, 0.6) is 0 Å². The predicted octanol–water partition coefficient (Wildman–Crippen LogP) is 2.30. The molecule has 2 rings (SSSR count). The van der Waals surface area contributed by atoms with Crippen LogP contribution in [0.4, 0.5) is 13.2 Å². The third kappa shape index (κ3) is 2.29. The van der Waals surface area contributed by atoms with E-state index in [9.17, 15) is 22.5 Å². The number of hydrogen-bond donors (Lipinski definition) is 1. The summed E-state index contributed by atoms with van der Waals surface area (Å²) in [6.45, 7) is 3.00. The first kappa shape index (κ1) is 13.1.